The molecule has 0 bridgehead atoms. The largest absolute Gasteiger partial charge is 0.492 e. The van der Waals surface area contributed by atoms with E-state index in [2.05, 4.69) is 11.4 Å². The van der Waals surface area contributed by atoms with Gasteiger partial charge in [-0.1, -0.05) is 17.7 Å². The molecule has 4 nitrogen and oxygen atoms in total. The van der Waals surface area contributed by atoms with Crippen molar-refractivity contribution >= 4 is 17.5 Å². The van der Waals surface area contributed by atoms with Crippen LogP contribution >= 0.6 is 11.6 Å². The van der Waals surface area contributed by atoms with E-state index in [1.54, 1.807) is 0 Å². The quantitative estimate of drug-likeness (QED) is 0.754. The SMILES string of the molecule is Cc1cc(C)cc(OCCNC(=O)COc2cc(C)c(Cl)c(C)c2)c1. The summed E-state index contributed by atoms with van der Waals surface area (Å²) in [7, 11) is 0. The van der Waals surface area contributed by atoms with Gasteiger partial charge >= 0.3 is 0 Å². The molecule has 0 heterocycles. The maximum Gasteiger partial charge on any atom is 0.258 e. The summed E-state index contributed by atoms with van der Waals surface area (Å²) < 4.78 is 11.2. The minimum absolute atomic E-state index is 0.0376. The lowest BCUT2D eigenvalue weighted by Crippen LogP contribution is -2.32. The van der Waals surface area contributed by atoms with Crippen molar-refractivity contribution in [1.82, 2.24) is 5.32 Å². The maximum atomic E-state index is 11.9. The first-order valence-corrected chi connectivity index (χ1v) is 8.60. The van der Waals surface area contributed by atoms with E-state index >= 15 is 0 Å². The number of hydrogen-bond acceptors (Lipinski definition) is 3. The molecule has 2 aromatic carbocycles. The Bertz CT molecular complexity index is 715. The predicted molar refractivity (Wildman–Crippen MR) is 101 cm³/mol. The van der Waals surface area contributed by atoms with Crippen molar-refractivity contribution in [1.29, 1.82) is 0 Å². The van der Waals surface area contributed by atoms with Gasteiger partial charge in [-0.05, 0) is 74.2 Å². The van der Waals surface area contributed by atoms with Gasteiger partial charge in [-0.25, -0.2) is 0 Å². The van der Waals surface area contributed by atoms with Crippen molar-refractivity contribution in [2.75, 3.05) is 19.8 Å². The van der Waals surface area contributed by atoms with E-state index in [1.807, 2.05) is 52.0 Å². The second-order valence-corrected chi connectivity index (χ2v) is 6.56. The Hall–Kier alpha value is -2.20. The molecule has 0 aliphatic rings. The number of rotatable bonds is 7. The Balaban J connectivity index is 1.72. The van der Waals surface area contributed by atoms with E-state index < -0.39 is 0 Å². The van der Waals surface area contributed by atoms with Crippen molar-refractivity contribution in [3.63, 3.8) is 0 Å². The van der Waals surface area contributed by atoms with Gasteiger partial charge in [0.05, 0.1) is 6.54 Å². The van der Waals surface area contributed by atoms with Crippen LogP contribution in [-0.4, -0.2) is 25.7 Å². The molecule has 25 heavy (non-hydrogen) atoms. The molecule has 0 aliphatic carbocycles. The van der Waals surface area contributed by atoms with E-state index in [1.165, 1.54) is 0 Å². The first-order valence-electron chi connectivity index (χ1n) is 8.22. The number of benzene rings is 2. The van der Waals surface area contributed by atoms with Crippen LogP contribution in [0.2, 0.25) is 5.02 Å². The molecule has 0 aliphatic heterocycles. The van der Waals surface area contributed by atoms with Crippen LogP contribution in [0, 0.1) is 27.7 Å². The number of ether oxygens (including phenoxy) is 2. The molecule has 1 amide bonds. The van der Waals surface area contributed by atoms with Crippen LogP contribution < -0.4 is 14.8 Å². The highest BCUT2D eigenvalue weighted by atomic mass is 35.5. The molecule has 5 heteroatoms. The standard InChI is InChI=1S/C20H24ClNO3/c1-13-7-14(2)9-17(8-13)24-6-5-22-19(23)12-25-18-10-15(3)20(21)16(4)11-18/h7-11H,5-6,12H2,1-4H3,(H,22,23). The highest BCUT2D eigenvalue weighted by Gasteiger charge is 2.06. The van der Waals surface area contributed by atoms with Crippen LogP contribution in [0.3, 0.4) is 0 Å². The minimum Gasteiger partial charge on any atom is -0.492 e. The summed E-state index contributed by atoms with van der Waals surface area (Å²) in [5.41, 5.74) is 4.17. The van der Waals surface area contributed by atoms with E-state index in [9.17, 15) is 4.79 Å². The van der Waals surface area contributed by atoms with Crippen molar-refractivity contribution in [2.24, 2.45) is 0 Å². The summed E-state index contributed by atoms with van der Waals surface area (Å²) in [6.45, 7) is 8.67. The van der Waals surface area contributed by atoms with Gasteiger partial charge in [-0.2, -0.15) is 0 Å². The fraction of sp³-hybridized carbons (Fsp3) is 0.350. The lowest BCUT2D eigenvalue weighted by Gasteiger charge is -2.11. The molecule has 0 saturated carbocycles. The van der Waals surface area contributed by atoms with E-state index in [-0.39, 0.29) is 12.5 Å². The number of hydrogen-bond donors (Lipinski definition) is 1. The molecule has 0 aromatic heterocycles. The molecule has 134 valence electrons. The predicted octanol–water partition coefficient (Wildman–Crippen LogP) is 4.15. The number of carbonyl (C=O) groups excluding carboxylic acids is 1. The van der Waals surface area contributed by atoms with Crippen LogP contribution in [0.5, 0.6) is 11.5 Å². The zero-order valence-corrected chi connectivity index (χ0v) is 15.9. The average Bonchev–Trinajstić information content (AvgIpc) is 2.53. The molecule has 0 spiro atoms. The Labute approximate surface area is 154 Å². The number of halogens is 1. The lowest BCUT2D eigenvalue weighted by atomic mass is 10.1. The number of amides is 1. The van der Waals surface area contributed by atoms with Crippen molar-refractivity contribution in [3.8, 4) is 11.5 Å². The van der Waals surface area contributed by atoms with Crippen LogP contribution in [0.1, 0.15) is 22.3 Å². The summed E-state index contributed by atoms with van der Waals surface area (Å²) in [6.07, 6.45) is 0. The van der Waals surface area contributed by atoms with Crippen molar-refractivity contribution in [2.45, 2.75) is 27.7 Å². The van der Waals surface area contributed by atoms with Gasteiger partial charge in [0.15, 0.2) is 6.61 Å². The Morgan fingerprint density at radius 2 is 1.48 bits per heavy atom. The molecule has 0 radical (unpaired) electrons. The van der Waals surface area contributed by atoms with E-state index in [4.69, 9.17) is 21.1 Å². The zero-order valence-electron chi connectivity index (χ0n) is 15.1. The molecular formula is C20H24ClNO3. The Morgan fingerprint density at radius 1 is 0.920 bits per heavy atom. The summed E-state index contributed by atoms with van der Waals surface area (Å²) >= 11 is 6.12. The van der Waals surface area contributed by atoms with Crippen molar-refractivity contribution < 1.29 is 14.3 Å². The summed E-state index contributed by atoms with van der Waals surface area (Å²) in [5.74, 6) is 1.27. The first-order chi connectivity index (χ1) is 11.8. The van der Waals surface area contributed by atoms with E-state index in [0.717, 1.165) is 33.0 Å². The molecule has 0 unspecified atom stereocenters. The topological polar surface area (TPSA) is 47.6 Å². The third-order valence-electron chi connectivity index (χ3n) is 3.67. The first kappa shape index (κ1) is 19.1. The van der Waals surface area contributed by atoms with E-state index in [0.29, 0.717) is 18.9 Å². The molecule has 2 aromatic rings. The van der Waals surface area contributed by atoms with Gasteiger partial charge in [0.2, 0.25) is 0 Å². The molecule has 2 rings (SSSR count). The number of carbonyl (C=O) groups is 1. The van der Waals surface area contributed by atoms with Gasteiger partial charge in [-0.3, -0.25) is 4.79 Å². The summed E-state index contributed by atoms with van der Waals surface area (Å²) in [4.78, 5) is 11.9. The molecule has 1 N–H and O–H groups in total. The Kier molecular flexibility index (Phi) is 6.71. The molecule has 0 fully saturated rings. The normalized spacial score (nSPS) is 10.4. The average molecular weight is 362 g/mol. The summed E-state index contributed by atoms with van der Waals surface area (Å²) in [5, 5.41) is 3.50. The fourth-order valence-corrected chi connectivity index (χ4v) is 2.67. The van der Waals surface area contributed by atoms with Crippen LogP contribution in [0.4, 0.5) is 0 Å². The lowest BCUT2D eigenvalue weighted by molar-refractivity contribution is -0.123. The van der Waals surface area contributed by atoms with Gasteiger partial charge < -0.3 is 14.8 Å². The third kappa shape index (κ3) is 5.98. The highest BCUT2D eigenvalue weighted by Crippen LogP contribution is 2.25. The highest BCUT2D eigenvalue weighted by molar-refractivity contribution is 6.32. The Morgan fingerprint density at radius 3 is 2.08 bits per heavy atom. The number of nitrogens with one attached hydrogen (secondary N) is 1. The van der Waals surface area contributed by atoms with Gasteiger partial charge in [0.1, 0.15) is 18.1 Å². The van der Waals surface area contributed by atoms with Gasteiger partial charge in [-0.15, -0.1) is 0 Å². The summed E-state index contributed by atoms with van der Waals surface area (Å²) in [6, 6.07) is 9.69. The third-order valence-corrected chi connectivity index (χ3v) is 4.26. The molecule has 0 saturated heterocycles. The smallest absolute Gasteiger partial charge is 0.258 e. The number of aryl methyl sites for hydroxylation is 4. The second-order valence-electron chi connectivity index (χ2n) is 6.18. The second kappa shape index (κ2) is 8.77. The zero-order chi connectivity index (χ0) is 18.4. The van der Waals surface area contributed by atoms with Crippen molar-refractivity contribution in [3.05, 3.63) is 57.6 Å². The fourth-order valence-electron chi connectivity index (χ4n) is 2.56. The maximum absolute atomic E-state index is 11.9. The molecular weight excluding hydrogens is 338 g/mol. The van der Waals surface area contributed by atoms with Crippen LogP contribution in [0.25, 0.3) is 0 Å². The van der Waals surface area contributed by atoms with Gasteiger partial charge in [0.25, 0.3) is 5.91 Å². The van der Waals surface area contributed by atoms with Crippen LogP contribution in [0.15, 0.2) is 30.3 Å². The molecule has 0 atom stereocenters. The van der Waals surface area contributed by atoms with Gasteiger partial charge in [0, 0.05) is 5.02 Å². The monoisotopic (exact) mass is 361 g/mol. The van der Waals surface area contributed by atoms with Crippen LogP contribution in [-0.2, 0) is 4.79 Å². The minimum atomic E-state index is -0.186.